The van der Waals surface area contributed by atoms with Gasteiger partial charge in [-0.1, -0.05) is 6.07 Å². The van der Waals surface area contributed by atoms with Gasteiger partial charge in [0.15, 0.2) is 5.75 Å². The number of amides is 1. The highest BCUT2D eigenvalue weighted by Gasteiger charge is 2.26. The number of ether oxygens (including phenoxy) is 1. The molecule has 1 aliphatic rings. The van der Waals surface area contributed by atoms with E-state index in [0.717, 1.165) is 6.54 Å². The first-order valence-electron chi connectivity index (χ1n) is 6.40. The highest BCUT2D eigenvalue weighted by molar-refractivity contribution is 5.98. The van der Waals surface area contributed by atoms with Crippen molar-refractivity contribution in [3.8, 4) is 5.75 Å². The Bertz CT molecular complexity index is 441. The molecular formula is C14H20N2O2. The van der Waals surface area contributed by atoms with E-state index in [1.54, 1.807) is 23.1 Å². The van der Waals surface area contributed by atoms with Crippen molar-refractivity contribution >= 4 is 11.6 Å². The first-order valence-corrected chi connectivity index (χ1v) is 6.40. The molecule has 0 bridgehead atoms. The average molecular weight is 248 g/mol. The number of rotatable bonds is 5. The first kappa shape index (κ1) is 12.7. The number of hydrogen-bond donors (Lipinski definition) is 1. The fraction of sp³-hybridized carbons (Fsp3) is 0.500. The van der Waals surface area contributed by atoms with Crippen molar-refractivity contribution in [2.75, 3.05) is 25.9 Å². The van der Waals surface area contributed by atoms with Crippen molar-refractivity contribution in [3.63, 3.8) is 0 Å². The molecule has 98 valence electrons. The lowest BCUT2D eigenvalue weighted by molar-refractivity contribution is 0.0784. The Hall–Kier alpha value is -1.71. The zero-order valence-electron chi connectivity index (χ0n) is 11.0. The lowest BCUT2D eigenvalue weighted by Gasteiger charge is -2.19. The van der Waals surface area contributed by atoms with Gasteiger partial charge in [-0.2, -0.15) is 0 Å². The second kappa shape index (κ2) is 5.29. The third kappa shape index (κ3) is 2.75. The van der Waals surface area contributed by atoms with Crippen LogP contribution in [0.2, 0.25) is 0 Å². The van der Waals surface area contributed by atoms with Crippen LogP contribution in [-0.4, -0.2) is 31.0 Å². The molecular weight excluding hydrogens is 228 g/mol. The summed E-state index contributed by atoms with van der Waals surface area (Å²) in [7, 11) is 1.83. The standard InChI is InChI=1S/C14H20N2O2/c1-3-18-13-11(5-4-6-12(13)15)14(17)16(2)9-10-7-8-10/h4-6,10H,3,7-9,15H2,1-2H3. The smallest absolute Gasteiger partial charge is 0.257 e. The predicted molar refractivity (Wildman–Crippen MR) is 71.7 cm³/mol. The fourth-order valence-electron chi connectivity index (χ4n) is 2.00. The Balaban J connectivity index is 2.19. The Morgan fingerprint density at radius 1 is 1.50 bits per heavy atom. The maximum Gasteiger partial charge on any atom is 0.257 e. The Kier molecular flexibility index (Phi) is 3.75. The molecule has 1 amide bonds. The van der Waals surface area contributed by atoms with E-state index in [1.807, 2.05) is 14.0 Å². The molecule has 1 aromatic carbocycles. The SMILES string of the molecule is CCOc1c(N)cccc1C(=O)N(C)CC1CC1. The molecule has 1 aliphatic carbocycles. The van der Waals surface area contributed by atoms with E-state index < -0.39 is 0 Å². The van der Waals surface area contributed by atoms with Gasteiger partial charge in [-0.05, 0) is 37.8 Å². The van der Waals surface area contributed by atoms with E-state index in [9.17, 15) is 4.79 Å². The van der Waals surface area contributed by atoms with E-state index in [0.29, 0.717) is 29.5 Å². The molecule has 1 saturated carbocycles. The Morgan fingerprint density at radius 2 is 2.22 bits per heavy atom. The molecule has 0 aromatic heterocycles. The summed E-state index contributed by atoms with van der Waals surface area (Å²) in [5.74, 6) is 1.17. The van der Waals surface area contributed by atoms with Crippen LogP contribution < -0.4 is 10.5 Å². The molecule has 4 nitrogen and oxygen atoms in total. The monoisotopic (exact) mass is 248 g/mol. The number of carbonyl (C=O) groups is 1. The molecule has 0 unspecified atom stereocenters. The van der Waals surface area contributed by atoms with Gasteiger partial charge in [0, 0.05) is 13.6 Å². The van der Waals surface area contributed by atoms with Crippen LogP contribution >= 0.6 is 0 Å². The minimum absolute atomic E-state index is 0.0161. The van der Waals surface area contributed by atoms with Gasteiger partial charge < -0.3 is 15.4 Å². The number of benzene rings is 1. The van der Waals surface area contributed by atoms with Crippen LogP contribution in [0.5, 0.6) is 5.75 Å². The number of anilines is 1. The number of nitrogen functional groups attached to an aromatic ring is 1. The van der Waals surface area contributed by atoms with E-state index in [1.165, 1.54) is 12.8 Å². The summed E-state index contributed by atoms with van der Waals surface area (Å²) in [5, 5.41) is 0. The van der Waals surface area contributed by atoms with Gasteiger partial charge in [0.05, 0.1) is 17.9 Å². The highest BCUT2D eigenvalue weighted by atomic mass is 16.5. The van der Waals surface area contributed by atoms with E-state index in [4.69, 9.17) is 10.5 Å². The number of hydrogen-bond acceptors (Lipinski definition) is 3. The van der Waals surface area contributed by atoms with E-state index >= 15 is 0 Å². The third-order valence-corrected chi connectivity index (χ3v) is 3.14. The Labute approximate surface area is 108 Å². The van der Waals surface area contributed by atoms with Crippen molar-refractivity contribution in [3.05, 3.63) is 23.8 Å². The molecule has 1 fully saturated rings. The van der Waals surface area contributed by atoms with Crippen molar-refractivity contribution in [2.24, 2.45) is 5.92 Å². The molecule has 0 radical (unpaired) electrons. The maximum absolute atomic E-state index is 12.3. The van der Waals surface area contributed by atoms with Gasteiger partial charge in [0.2, 0.25) is 0 Å². The lowest BCUT2D eigenvalue weighted by Crippen LogP contribution is -2.29. The van der Waals surface area contributed by atoms with Gasteiger partial charge >= 0.3 is 0 Å². The second-order valence-corrected chi connectivity index (χ2v) is 4.79. The van der Waals surface area contributed by atoms with Crippen LogP contribution in [0.15, 0.2) is 18.2 Å². The molecule has 0 spiro atoms. The topological polar surface area (TPSA) is 55.6 Å². The highest BCUT2D eigenvalue weighted by Crippen LogP contribution is 2.31. The molecule has 2 N–H and O–H groups in total. The minimum Gasteiger partial charge on any atom is -0.491 e. The quantitative estimate of drug-likeness (QED) is 0.812. The zero-order chi connectivity index (χ0) is 13.1. The van der Waals surface area contributed by atoms with Crippen molar-refractivity contribution in [2.45, 2.75) is 19.8 Å². The van der Waals surface area contributed by atoms with Crippen molar-refractivity contribution < 1.29 is 9.53 Å². The summed E-state index contributed by atoms with van der Waals surface area (Å²) in [5.41, 5.74) is 6.94. The van der Waals surface area contributed by atoms with Crippen LogP contribution in [-0.2, 0) is 0 Å². The van der Waals surface area contributed by atoms with Crippen molar-refractivity contribution in [1.82, 2.24) is 4.90 Å². The predicted octanol–water partition coefficient (Wildman–Crippen LogP) is 2.15. The lowest BCUT2D eigenvalue weighted by atomic mass is 10.1. The summed E-state index contributed by atoms with van der Waals surface area (Å²) in [4.78, 5) is 14.1. The summed E-state index contributed by atoms with van der Waals surface area (Å²) < 4.78 is 5.49. The molecule has 18 heavy (non-hydrogen) atoms. The summed E-state index contributed by atoms with van der Waals surface area (Å²) in [6, 6.07) is 5.31. The third-order valence-electron chi connectivity index (χ3n) is 3.14. The molecule has 0 aliphatic heterocycles. The summed E-state index contributed by atoms with van der Waals surface area (Å²) in [6.07, 6.45) is 2.46. The van der Waals surface area contributed by atoms with Gasteiger partial charge in [0.1, 0.15) is 0 Å². The van der Waals surface area contributed by atoms with Gasteiger partial charge in [-0.3, -0.25) is 4.79 Å². The van der Waals surface area contributed by atoms with Crippen LogP contribution in [0.3, 0.4) is 0 Å². The van der Waals surface area contributed by atoms with Crippen molar-refractivity contribution in [1.29, 1.82) is 0 Å². The molecule has 0 heterocycles. The normalized spacial score (nSPS) is 14.3. The fourth-order valence-corrected chi connectivity index (χ4v) is 2.00. The van der Waals surface area contributed by atoms with Gasteiger partial charge in [-0.15, -0.1) is 0 Å². The summed E-state index contributed by atoms with van der Waals surface area (Å²) >= 11 is 0. The molecule has 4 heteroatoms. The number of carbonyl (C=O) groups excluding carboxylic acids is 1. The zero-order valence-corrected chi connectivity index (χ0v) is 11.0. The second-order valence-electron chi connectivity index (χ2n) is 4.79. The average Bonchev–Trinajstić information content (AvgIpc) is 3.15. The van der Waals surface area contributed by atoms with E-state index in [2.05, 4.69) is 0 Å². The van der Waals surface area contributed by atoms with Crippen LogP contribution in [0.4, 0.5) is 5.69 Å². The van der Waals surface area contributed by atoms with E-state index in [-0.39, 0.29) is 5.91 Å². The molecule has 1 aromatic rings. The first-order chi connectivity index (χ1) is 8.63. The maximum atomic E-state index is 12.3. The van der Waals surface area contributed by atoms with Crippen LogP contribution in [0.1, 0.15) is 30.1 Å². The number of nitrogens with two attached hydrogens (primary N) is 1. The molecule has 0 saturated heterocycles. The number of para-hydroxylation sites is 1. The Morgan fingerprint density at radius 3 is 2.83 bits per heavy atom. The van der Waals surface area contributed by atoms with Crippen LogP contribution in [0, 0.1) is 5.92 Å². The molecule has 2 rings (SSSR count). The van der Waals surface area contributed by atoms with Gasteiger partial charge in [-0.25, -0.2) is 0 Å². The van der Waals surface area contributed by atoms with Gasteiger partial charge in [0.25, 0.3) is 5.91 Å². The minimum atomic E-state index is -0.0161. The number of nitrogens with zero attached hydrogens (tertiary/aromatic N) is 1. The molecule has 0 atom stereocenters. The summed E-state index contributed by atoms with van der Waals surface area (Å²) in [6.45, 7) is 3.20. The van der Waals surface area contributed by atoms with Crippen LogP contribution in [0.25, 0.3) is 0 Å². The largest absolute Gasteiger partial charge is 0.491 e.